The number of thioether (sulfide) groups is 1. The molecule has 0 saturated carbocycles. The van der Waals surface area contributed by atoms with Crippen LogP contribution in [0.2, 0.25) is 0 Å². The molecule has 222 valence electrons. The number of rotatable bonds is 10. The minimum Gasteiger partial charge on any atom is -0.492 e. The lowest BCUT2D eigenvalue weighted by Gasteiger charge is -2.33. The van der Waals surface area contributed by atoms with Crippen LogP contribution in [-0.2, 0) is 11.3 Å². The summed E-state index contributed by atoms with van der Waals surface area (Å²) in [5.74, 6) is 2.86. The Morgan fingerprint density at radius 1 is 0.952 bits per heavy atom. The summed E-state index contributed by atoms with van der Waals surface area (Å²) in [4.78, 5) is 29.6. The monoisotopic (exact) mass is 652 g/mol. The first-order valence-electron chi connectivity index (χ1n) is 14.2. The van der Waals surface area contributed by atoms with Crippen molar-refractivity contribution in [3.8, 4) is 5.75 Å². The summed E-state index contributed by atoms with van der Waals surface area (Å²) in [7, 11) is 0. The predicted molar refractivity (Wildman–Crippen MR) is 172 cm³/mol. The normalized spacial score (nSPS) is 16.2. The minimum atomic E-state index is -0.889. The zero-order valence-electron chi connectivity index (χ0n) is 23.5. The van der Waals surface area contributed by atoms with Gasteiger partial charge in [0.15, 0.2) is 0 Å². The van der Waals surface area contributed by atoms with Gasteiger partial charge < -0.3 is 21.1 Å². The van der Waals surface area contributed by atoms with Crippen LogP contribution in [0.3, 0.4) is 0 Å². The van der Waals surface area contributed by atoms with Gasteiger partial charge in [-0.05, 0) is 69.9 Å². The molecular formula is C31H37BrN6O3S. The van der Waals surface area contributed by atoms with Crippen LogP contribution in [0.5, 0.6) is 5.75 Å². The number of amides is 3. The van der Waals surface area contributed by atoms with Crippen molar-refractivity contribution in [2.75, 3.05) is 61.6 Å². The highest BCUT2D eigenvalue weighted by Gasteiger charge is 2.34. The fourth-order valence-electron chi connectivity index (χ4n) is 5.06. The lowest BCUT2D eigenvalue weighted by atomic mass is 10.1. The van der Waals surface area contributed by atoms with Gasteiger partial charge in [-0.1, -0.05) is 36.4 Å². The molecule has 2 fully saturated rings. The highest BCUT2D eigenvalue weighted by Crippen LogP contribution is 2.31. The number of carbonyl (C=O) groups is 2. The van der Waals surface area contributed by atoms with Gasteiger partial charge in [0.05, 0.1) is 5.69 Å². The number of halogens is 1. The summed E-state index contributed by atoms with van der Waals surface area (Å²) in [6.07, 6.45) is 0.825. The van der Waals surface area contributed by atoms with Gasteiger partial charge in [0.25, 0.3) is 5.91 Å². The summed E-state index contributed by atoms with van der Waals surface area (Å²) in [6, 6.07) is 21.3. The standard InChI is InChI=1S/C31H37BrN6O3S/c32-27-4-1-2-5-28(27)37-14-3-15-38(37)30(39)29(35-31(40)34-22-23-6-10-25(33)11-7-23)24-8-12-26(13-9-24)41-19-16-36-17-20-42-21-18-36/h1-2,4-13,29H,3,14-22,33H2,(H2,34,35,40)/t29-/m0/s1. The van der Waals surface area contributed by atoms with Gasteiger partial charge in [0.2, 0.25) is 0 Å². The van der Waals surface area contributed by atoms with Crippen LogP contribution in [0.4, 0.5) is 16.2 Å². The van der Waals surface area contributed by atoms with Gasteiger partial charge >= 0.3 is 6.03 Å². The molecule has 2 heterocycles. The summed E-state index contributed by atoms with van der Waals surface area (Å²) >= 11 is 5.61. The molecule has 11 heteroatoms. The van der Waals surface area contributed by atoms with Gasteiger partial charge in [-0.3, -0.25) is 19.7 Å². The van der Waals surface area contributed by atoms with Crippen molar-refractivity contribution in [3.05, 3.63) is 88.4 Å². The van der Waals surface area contributed by atoms with E-state index < -0.39 is 12.1 Å². The molecule has 5 rings (SSSR count). The number of ether oxygens (including phenoxy) is 1. The highest BCUT2D eigenvalue weighted by molar-refractivity contribution is 9.10. The summed E-state index contributed by atoms with van der Waals surface area (Å²) < 4.78 is 6.91. The third-order valence-corrected chi connectivity index (χ3v) is 8.98. The highest BCUT2D eigenvalue weighted by atomic mass is 79.9. The van der Waals surface area contributed by atoms with E-state index in [-0.39, 0.29) is 5.91 Å². The summed E-state index contributed by atoms with van der Waals surface area (Å²) in [5.41, 5.74) is 8.94. The van der Waals surface area contributed by atoms with E-state index in [9.17, 15) is 9.59 Å². The number of hydrogen-bond acceptors (Lipinski definition) is 7. The molecule has 9 nitrogen and oxygen atoms in total. The van der Waals surface area contributed by atoms with E-state index in [1.807, 2.05) is 77.4 Å². The van der Waals surface area contributed by atoms with Crippen LogP contribution in [0.15, 0.2) is 77.3 Å². The van der Waals surface area contributed by atoms with Crippen LogP contribution in [-0.4, -0.2) is 72.7 Å². The Labute approximate surface area is 259 Å². The number of benzene rings is 3. The van der Waals surface area contributed by atoms with Gasteiger partial charge in [0, 0.05) is 60.9 Å². The molecule has 2 aliphatic heterocycles. The number of nitrogens with zero attached hydrogens (tertiary/aromatic N) is 3. The number of carbonyl (C=O) groups excluding carboxylic acids is 2. The number of nitrogen functional groups attached to an aromatic ring is 1. The molecule has 0 radical (unpaired) electrons. The molecule has 0 aromatic heterocycles. The lowest BCUT2D eigenvalue weighted by Crippen LogP contribution is -2.49. The Bertz CT molecular complexity index is 1340. The van der Waals surface area contributed by atoms with E-state index in [0.717, 1.165) is 47.5 Å². The van der Waals surface area contributed by atoms with Crippen LogP contribution >= 0.6 is 27.7 Å². The fraction of sp³-hybridized carbons (Fsp3) is 0.355. The Kier molecular flexibility index (Phi) is 10.5. The lowest BCUT2D eigenvalue weighted by molar-refractivity contribution is -0.132. The van der Waals surface area contributed by atoms with E-state index in [0.29, 0.717) is 37.5 Å². The van der Waals surface area contributed by atoms with Crippen molar-refractivity contribution >= 4 is 51.0 Å². The number of nitrogens with two attached hydrogens (primary N) is 1. The Morgan fingerprint density at radius 3 is 2.43 bits per heavy atom. The van der Waals surface area contributed by atoms with Gasteiger partial charge in [0.1, 0.15) is 18.4 Å². The van der Waals surface area contributed by atoms with E-state index in [4.69, 9.17) is 10.5 Å². The van der Waals surface area contributed by atoms with E-state index in [2.05, 4.69) is 31.5 Å². The van der Waals surface area contributed by atoms with E-state index >= 15 is 0 Å². The molecule has 3 aromatic rings. The maximum atomic E-state index is 14.1. The van der Waals surface area contributed by atoms with Crippen LogP contribution < -0.4 is 26.1 Å². The van der Waals surface area contributed by atoms with Crippen molar-refractivity contribution in [2.24, 2.45) is 0 Å². The largest absolute Gasteiger partial charge is 0.492 e. The second kappa shape index (κ2) is 14.7. The van der Waals surface area contributed by atoms with Gasteiger partial charge in [-0.2, -0.15) is 11.8 Å². The summed E-state index contributed by atoms with van der Waals surface area (Å²) in [5, 5.41) is 9.51. The van der Waals surface area contributed by atoms with E-state index in [1.165, 1.54) is 11.5 Å². The second-order valence-electron chi connectivity index (χ2n) is 10.3. The molecule has 0 aliphatic carbocycles. The zero-order chi connectivity index (χ0) is 29.3. The Morgan fingerprint density at radius 2 is 1.69 bits per heavy atom. The van der Waals surface area contributed by atoms with Gasteiger partial charge in [-0.25, -0.2) is 4.79 Å². The second-order valence-corrected chi connectivity index (χ2v) is 12.3. The molecule has 0 spiro atoms. The SMILES string of the molecule is Nc1ccc(CNC(=O)N[C@H](C(=O)N2CCCN2c2ccccc2Br)c2ccc(OCCN3CCSCC3)cc2)cc1. The molecule has 0 bridgehead atoms. The van der Waals surface area contributed by atoms with Crippen LogP contribution in [0.1, 0.15) is 23.6 Å². The molecule has 0 unspecified atom stereocenters. The Hall–Kier alpha value is -3.41. The third kappa shape index (κ3) is 7.90. The molecule has 3 aromatic carbocycles. The third-order valence-electron chi connectivity index (χ3n) is 7.36. The minimum absolute atomic E-state index is 0.206. The number of para-hydroxylation sites is 1. The van der Waals surface area contributed by atoms with Crippen molar-refractivity contribution in [1.82, 2.24) is 20.5 Å². The molecule has 42 heavy (non-hydrogen) atoms. The van der Waals surface area contributed by atoms with Gasteiger partial charge in [-0.15, -0.1) is 0 Å². The first-order chi connectivity index (χ1) is 20.5. The number of anilines is 2. The van der Waals surface area contributed by atoms with Crippen molar-refractivity contribution in [2.45, 2.75) is 19.0 Å². The quantitative estimate of drug-likeness (QED) is 0.274. The molecular weight excluding hydrogens is 616 g/mol. The van der Waals surface area contributed by atoms with E-state index in [1.54, 1.807) is 17.1 Å². The number of hydrogen-bond donors (Lipinski definition) is 3. The molecule has 2 saturated heterocycles. The van der Waals surface area contributed by atoms with Crippen molar-refractivity contribution in [1.29, 1.82) is 0 Å². The first-order valence-corrected chi connectivity index (χ1v) is 16.2. The topological polar surface area (TPSA) is 103 Å². The summed E-state index contributed by atoms with van der Waals surface area (Å²) in [6.45, 7) is 5.24. The van der Waals surface area contributed by atoms with Crippen LogP contribution in [0, 0.1) is 0 Å². The maximum Gasteiger partial charge on any atom is 0.315 e. The fourth-order valence-corrected chi connectivity index (χ4v) is 6.53. The first kappa shape index (κ1) is 30.1. The smallest absolute Gasteiger partial charge is 0.315 e. The Balaban J connectivity index is 1.29. The van der Waals surface area contributed by atoms with Crippen molar-refractivity contribution in [3.63, 3.8) is 0 Å². The average Bonchev–Trinajstić information content (AvgIpc) is 3.50. The maximum absolute atomic E-state index is 14.1. The molecule has 1 atom stereocenters. The number of hydrazine groups is 1. The molecule has 2 aliphatic rings. The van der Waals surface area contributed by atoms with Crippen LogP contribution in [0.25, 0.3) is 0 Å². The average molecular weight is 654 g/mol. The predicted octanol–water partition coefficient (Wildman–Crippen LogP) is 4.65. The molecule has 3 amide bonds. The number of urea groups is 1. The molecule has 4 N–H and O–H groups in total. The zero-order valence-corrected chi connectivity index (χ0v) is 25.9. The van der Waals surface area contributed by atoms with Crippen molar-refractivity contribution < 1.29 is 14.3 Å². The number of nitrogens with one attached hydrogen (secondary N) is 2.